The highest BCUT2D eigenvalue weighted by Gasteiger charge is 2.43. The first-order valence-corrected chi connectivity index (χ1v) is 21.1. The Morgan fingerprint density at radius 2 is 1.09 bits per heavy atom. The molecule has 4 N–H and O–H groups in total. The molecule has 2 fully saturated rings. The minimum Gasteiger partial charge on any atom is -0.480 e. The Labute approximate surface area is 318 Å². The van der Waals surface area contributed by atoms with Crippen LogP contribution >= 0.6 is 0 Å². The quantitative estimate of drug-likeness (QED) is 0.219. The van der Waals surface area contributed by atoms with Crippen LogP contribution in [0.5, 0.6) is 0 Å². The molecule has 0 radical (unpaired) electrons. The number of benzene rings is 2. The first kappa shape index (κ1) is 42.7. The smallest absolute Gasteiger partial charge is 0.407 e. The molecule has 0 spiro atoms. The molecule has 0 bridgehead atoms. The van der Waals surface area contributed by atoms with Crippen molar-refractivity contribution in [3.8, 4) is 0 Å². The number of sulfonamides is 2. The molecule has 298 valence electrons. The Hall–Kier alpha value is -4.06. The summed E-state index contributed by atoms with van der Waals surface area (Å²) in [6.45, 7) is 6.74. The lowest BCUT2D eigenvalue weighted by atomic mass is 9.89. The summed E-state index contributed by atoms with van der Waals surface area (Å²) < 4.78 is 64.6. The zero-order chi connectivity index (χ0) is 39.8. The van der Waals surface area contributed by atoms with Crippen LogP contribution in [0.15, 0.2) is 58.3 Å². The molecule has 0 saturated heterocycles. The molecule has 2 aliphatic rings. The number of nitrogens with one attached hydrogen (secondary N) is 3. The van der Waals surface area contributed by atoms with Gasteiger partial charge in [0, 0.05) is 24.2 Å². The molecular formula is C37H53N5O10S2. The van der Waals surface area contributed by atoms with Gasteiger partial charge in [-0.15, -0.1) is 0 Å². The molecule has 54 heavy (non-hydrogen) atoms. The average molecular weight is 792 g/mol. The normalized spacial score (nSPS) is 20.9. The predicted octanol–water partition coefficient (Wildman–Crippen LogP) is 3.45. The summed E-state index contributed by atoms with van der Waals surface area (Å²) in [5.41, 5.74) is 0.857. The Balaban J connectivity index is 1.67. The molecular weight excluding hydrogens is 739 g/mol. The summed E-state index contributed by atoms with van der Waals surface area (Å²) in [7, 11) is -8.65. The number of rotatable bonds is 14. The molecule has 0 unspecified atom stereocenters. The van der Waals surface area contributed by atoms with E-state index in [1.807, 2.05) is 6.92 Å². The van der Waals surface area contributed by atoms with Crippen molar-refractivity contribution in [2.45, 2.75) is 126 Å². The zero-order valence-corrected chi connectivity index (χ0v) is 33.2. The molecule has 4 atom stereocenters. The summed E-state index contributed by atoms with van der Waals surface area (Å²) in [6, 6.07) is 9.13. The number of carbonyl (C=O) groups excluding carboxylic acids is 3. The molecule has 0 aromatic heterocycles. The zero-order valence-electron chi connectivity index (χ0n) is 31.5. The van der Waals surface area contributed by atoms with Crippen LogP contribution in [0.2, 0.25) is 0 Å². The van der Waals surface area contributed by atoms with Gasteiger partial charge >= 0.3 is 12.1 Å². The minimum atomic E-state index is -4.34. The van der Waals surface area contributed by atoms with Gasteiger partial charge in [-0.05, 0) is 84.6 Å². The average Bonchev–Trinajstić information content (AvgIpc) is 3.09. The van der Waals surface area contributed by atoms with Crippen molar-refractivity contribution in [2.75, 3.05) is 19.6 Å². The Bertz CT molecular complexity index is 1860. The fraction of sp³-hybridized carbons (Fsp3) is 0.568. The van der Waals surface area contributed by atoms with Crippen LogP contribution in [0.4, 0.5) is 4.79 Å². The SMILES string of the molecule is Cc1ccc(S(=O)(=O)N(CC(=O)NCC(=O)O)[C@@H]2CCCC[C@H]2NC(=O)CN([C@@H]2CCCC[C@H]2NC(=O)OC(C)(C)C)S(=O)(=O)c2ccc(C)cc2)cc1. The van der Waals surface area contributed by atoms with E-state index >= 15 is 0 Å². The van der Waals surface area contributed by atoms with Gasteiger partial charge in [0.05, 0.1) is 22.9 Å². The van der Waals surface area contributed by atoms with Crippen LogP contribution in [0.3, 0.4) is 0 Å². The third-order valence-corrected chi connectivity index (χ3v) is 13.3. The van der Waals surface area contributed by atoms with E-state index in [4.69, 9.17) is 9.84 Å². The van der Waals surface area contributed by atoms with Crippen LogP contribution in [0.1, 0.15) is 83.3 Å². The van der Waals surface area contributed by atoms with E-state index in [0.29, 0.717) is 38.5 Å². The third kappa shape index (κ3) is 11.5. The lowest BCUT2D eigenvalue weighted by molar-refractivity contribution is -0.138. The maximum absolute atomic E-state index is 14.4. The highest BCUT2D eigenvalue weighted by atomic mass is 32.2. The van der Waals surface area contributed by atoms with Crippen LogP contribution in [0.25, 0.3) is 0 Å². The standard InChI is InChI=1S/C37H53N5O10S2/c1-25-14-18-27(19-15-25)53(48,49)41(23-33(43)38-22-35(45)46)31-12-8-6-10-29(31)39-34(44)24-42(54(50,51)28-20-16-26(2)17-21-28)32-13-9-7-11-30(32)40-36(47)52-37(3,4)5/h14-21,29-32H,6-13,22-24H2,1-5H3,(H,38,43)(H,39,44)(H,40,47)(H,45,46)/t29-,30-,31-,32-/m1/s1. The second-order valence-electron chi connectivity index (χ2n) is 15.0. The van der Waals surface area contributed by atoms with Gasteiger partial charge in [0.1, 0.15) is 12.1 Å². The molecule has 3 amide bonds. The summed E-state index contributed by atoms with van der Waals surface area (Å²) in [4.78, 5) is 51.0. The fourth-order valence-corrected chi connectivity index (χ4v) is 10.2. The van der Waals surface area contributed by atoms with Crippen molar-refractivity contribution < 1.29 is 45.9 Å². The van der Waals surface area contributed by atoms with Crippen molar-refractivity contribution >= 4 is 43.9 Å². The topological polar surface area (TPSA) is 209 Å². The summed E-state index contributed by atoms with van der Waals surface area (Å²) in [5.74, 6) is -2.82. The van der Waals surface area contributed by atoms with Gasteiger partial charge in [-0.2, -0.15) is 8.61 Å². The number of hydrogen-bond donors (Lipinski definition) is 4. The van der Waals surface area contributed by atoms with Gasteiger partial charge in [-0.3, -0.25) is 14.4 Å². The number of carboxylic acids is 1. The van der Waals surface area contributed by atoms with Crippen molar-refractivity contribution in [1.82, 2.24) is 24.6 Å². The Morgan fingerprint density at radius 3 is 1.52 bits per heavy atom. The summed E-state index contributed by atoms with van der Waals surface area (Å²) in [6.07, 6.45) is 3.30. The number of carbonyl (C=O) groups is 4. The number of aryl methyl sites for hydroxylation is 2. The van der Waals surface area contributed by atoms with E-state index < -0.39 is 93.3 Å². The van der Waals surface area contributed by atoms with E-state index in [1.54, 1.807) is 52.0 Å². The summed E-state index contributed by atoms with van der Waals surface area (Å²) >= 11 is 0. The number of alkyl carbamates (subject to hydrolysis) is 1. The number of carboxylic acid groups (broad SMARTS) is 1. The molecule has 17 heteroatoms. The first-order valence-electron chi connectivity index (χ1n) is 18.2. The molecule has 2 aromatic rings. The van der Waals surface area contributed by atoms with Crippen molar-refractivity contribution in [1.29, 1.82) is 0 Å². The van der Waals surface area contributed by atoms with Crippen molar-refractivity contribution in [3.05, 3.63) is 59.7 Å². The molecule has 4 rings (SSSR count). The second-order valence-corrected chi connectivity index (χ2v) is 18.8. The molecule has 15 nitrogen and oxygen atoms in total. The minimum absolute atomic E-state index is 0.0271. The Morgan fingerprint density at radius 1 is 0.685 bits per heavy atom. The maximum Gasteiger partial charge on any atom is 0.407 e. The molecule has 2 aromatic carbocycles. The molecule has 0 heterocycles. The highest BCUT2D eigenvalue weighted by Crippen LogP contribution is 2.31. The maximum atomic E-state index is 14.4. The second kappa shape index (κ2) is 18.0. The monoisotopic (exact) mass is 791 g/mol. The molecule has 2 saturated carbocycles. The van der Waals surface area contributed by atoms with Gasteiger partial charge in [-0.25, -0.2) is 21.6 Å². The lowest BCUT2D eigenvalue weighted by Gasteiger charge is -2.41. The largest absolute Gasteiger partial charge is 0.480 e. The Kier molecular flexibility index (Phi) is 14.3. The fourth-order valence-electron chi connectivity index (χ4n) is 6.93. The van der Waals surface area contributed by atoms with Gasteiger partial charge < -0.3 is 25.8 Å². The van der Waals surface area contributed by atoms with Crippen LogP contribution in [-0.4, -0.2) is 104 Å². The number of ether oxygens (including phenoxy) is 1. The third-order valence-electron chi connectivity index (χ3n) is 9.54. The van der Waals surface area contributed by atoms with E-state index in [1.165, 1.54) is 24.3 Å². The first-order chi connectivity index (χ1) is 25.3. The van der Waals surface area contributed by atoms with Gasteiger partial charge in [0.25, 0.3) is 0 Å². The lowest BCUT2D eigenvalue weighted by Crippen LogP contribution is -2.60. The van der Waals surface area contributed by atoms with Crippen molar-refractivity contribution in [3.63, 3.8) is 0 Å². The number of amides is 3. The number of hydrogen-bond acceptors (Lipinski definition) is 9. The molecule has 0 aliphatic heterocycles. The van der Waals surface area contributed by atoms with E-state index in [-0.39, 0.29) is 16.2 Å². The summed E-state index contributed by atoms with van der Waals surface area (Å²) in [5, 5.41) is 17.1. The van der Waals surface area contributed by atoms with E-state index in [9.17, 15) is 36.0 Å². The van der Waals surface area contributed by atoms with Gasteiger partial charge in [0.15, 0.2) is 0 Å². The predicted molar refractivity (Wildman–Crippen MR) is 200 cm³/mol. The van der Waals surface area contributed by atoms with Gasteiger partial charge in [-0.1, -0.05) is 61.1 Å². The number of nitrogens with zero attached hydrogens (tertiary/aromatic N) is 2. The molecule has 2 aliphatic carbocycles. The van der Waals surface area contributed by atoms with Crippen LogP contribution in [-0.2, 0) is 39.2 Å². The van der Waals surface area contributed by atoms with Gasteiger partial charge in [0.2, 0.25) is 31.9 Å². The van der Waals surface area contributed by atoms with E-state index in [2.05, 4.69) is 16.0 Å². The van der Waals surface area contributed by atoms with Crippen molar-refractivity contribution in [2.24, 2.45) is 0 Å². The van der Waals surface area contributed by atoms with Crippen LogP contribution in [0, 0.1) is 13.8 Å². The van der Waals surface area contributed by atoms with Crippen LogP contribution < -0.4 is 16.0 Å². The van der Waals surface area contributed by atoms with E-state index in [0.717, 1.165) is 26.2 Å². The number of aliphatic carboxylic acids is 1. The highest BCUT2D eigenvalue weighted by molar-refractivity contribution is 7.89.